The van der Waals surface area contributed by atoms with Crippen LogP contribution >= 0.6 is 0 Å². The molecule has 2 aliphatic heterocycles. The molecule has 0 aliphatic carbocycles. The van der Waals surface area contributed by atoms with E-state index in [2.05, 4.69) is 31.0 Å². The highest BCUT2D eigenvalue weighted by Crippen LogP contribution is 2.34. The fourth-order valence-electron chi connectivity index (χ4n) is 3.81. The second kappa shape index (κ2) is 7.05. The molecule has 1 unspecified atom stereocenters. The van der Waals surface area contributed by atoms with Gasteiger partial charge in [-0.3, -0.25) is 0 Å². The van der Waals surface area contributed by atoms with Crippen LogP contribution in [0.25, 0.3) is 0 Å². The molecule has 112 valence electrons. The molecular weight excluding hydrogens is 236 g/mol. The zero-order valence-electron chi connectivity index (χ0n) is 13.1. The first kappa shape index (κ1) is 15.3. The Morgan fingerprint density at radius 3 is 2.37 bits per heavy atom. The van der Waals surface area contributed by atoms with Crippen LogP contribution in [-0.2, 0) is 4.74 Å². The molecule has 0 aromatic carbocycles. The molecule has 0 saturated carbocycles. The summed E-state index contributed by atoms with van der Waals surface area (Å²) in [6, 6.07) is 1.51. The van der Waals surface area contributed by atoms with Gasteiger partial charge in [-0.15, -0.1) is 0 Å². The van der Waals surface area contributed by atoms with Gasteiger partial charge in [0.2, 0.25) is 0 Å². The minimum atomic E-state index is 0.168. The molecule has 2 fully saturated rings. The summed E-state index contributed by atoms with van der Waals surface area (Å²) >= 11 is 0. The first-order valence-corrected chi connectivity index (χ1v) is 8.34. The predicted molar refractivity (Wildman–Crippen MR) is 80.6 cm³/mol. The van der Waals surface area contributed by atoms with E-state index in [0.717, 1.165) is 38.1 Å². The van der Waals surface area contributed by atoms with Crippen LogP contribution in [0.3, 0.4) is 0 Å². The molecule has 0 spiro atoms. The van der Waals surface area contributed by atoms with Gasteiger partial charge >= 0.3 is 0 Å². The first-order chi connectivity index (χ1) is 9.23. The van der Waals surface area contributed by atoms with Crippen molar-refractivity contribution in [2.75, 3.05) is 26.2 Å². The van der Waals surface area contributed by atoms with Crippen molar-refractivity contribution < 1.29 is 4.74 Å². The summed E-state index contributed by atoms with van der Waals surface area (Å²) in [6.45, 7) is 11.4. The summed E-state index contributed by atoms with van der Waals surface area (Å²) in [5, 5.41) is 3.60. The maximum absolute atomic E-state index is 6.11. The van der Waals surface area contributed by atoms with Crippen molar-refractivity contribution in [2.24, 2.45) is 0 Å². The Kier molecular flexibility index (Phi) is 5.67. The zero-order valence-corrected chi connectivity index (χ0v) is 13.1. The highest BCUT2D eigenvalue weighted by atomic mass is 16.5. The second-order valence-electron chi connectivity index (χ2n) is 6.25. The average molecular weight is 268 g/mol. The minimum Gasteiger partial charge on any atom is -0.375 e. The molecule has 0 radical (unpaired) electrons. The lowest BCUT2D eigenvalue weighted by Crippen LogP contribution is -2.52. The smallest absolute Gasteiger partial charge is 0.0692 e. The van der Waals surface area contributed by atoms with E-state index in [1.165, 1.54) is 38.8 Å². The van der Waals surface area contributed by atoms with Crippen LogP contribution in [0, 0.1) is 0 Å². The lowest BCUT2D eigenvalue weighted by molar-refractivity contribution is -0.112. The SMILES string of the molecule is CCNC1CCN(C2CCOC(CC)(CC)C2)CC1. The summed E-state index contributed by atoms with van der Waals surface area (Å²) in [5.41, 5.74) is 0.168. The number of nitrogens with one attached hydrogen (secondary N) is 1. The van der Waals surface area contributed by atoms with Gasteiger partial charge in [0.25, 0.3) is 0 Å². The van der Waals surface area contributed by atoms with E-state index in [1.807, 2.05) is 0 Å². The normalized spacial score (nSPS) is 29.5. The van der Waals surface area contributed by atoms with Gasteiger partial charge in [-0.1, -0.05) is 20.8 Å². The Balaban J connectivity index is 1.85. The summed E-state index contributed by atoms with van der Waals surface area (Å²) in [7, 11) is 0. The molecule has 2 aliphatic rings. The van der Waals surface area contributed by atoms with Gasteiger partial charge in [0.15, 0.2) is 0 Å². The summed E-state index contributed by atoms with van der Waals surface area (Å²) in [6.07, 6.45) is 7.42. The van der Waals surface area contributed by atoms with Crippen molar-refractivity contribution in [2.45, 2.75) is 77.0 Å². The van der Waals surface area contributed by atoms with E-state index in [-0.39, 0.29) is 5.60 Å². The molecule has 0 amide bonds. The van der Waals surface area contributed by atoms with E-state index in [9.17, 15) is 0 Å². The van der Waals surface area contributed by atoms with Crippen molar-refractivity contribution in [3.63, 3.8) is 0 Å². The average Bonchev–Trinajstić information content (AvgIpc) is 2.48. The third kappa shape index (κ3) is 3.71. The van der Waals surface area contributed by atoms with E-state index >= 15 is 0 Å². The molecule has 3 heteroatoms. The van der Waals surface area contributed by atoms with Gasteiger partial charge in [-0.2, -0.15) is 0 Å². The van der Waals surface area contributed by atoms with Crippen LogP contribution in [0.5, 0.6) is 0 Å². The zero-order chi connectivity index (χ0) is 13.7. The molecular formula is C16H32N2O. The molecule has 1 N–H and O–H groups in total. The van der Waals surface area contributed by atoms with E-state index in [4.69, 9.17) is 4.74 Å². The minimum absolute atomic E-state index is 0.168. The van der Waals surface area contributed by atoms with Crippen LogP contribution in [0.2, 0.25) is 0 Å². The van der Waals surface area contributed by atoms with Gasteiger partial charge in [0.1, 0.15) is 0 Å². The third-order valence-electron chi connectivity index (χ3n) is 5.29. The van der Waals surface area contributed by atoms with Crippen LogP contribution < -0.4 is 5.32 Å². The molecule has 1 atom stereocenters. The lowest BCUT2D eigenvalue weighted by Gasteiger charge is -2.46. The number of piperidine rings is 1. The maximum Gasteiger partial charge on any atom is 0.0692 e. The summed E-state index contributed by atoms with van der Waals surface area (Å²) in [4.78, 5) is 2.73. The largest absolute Gasteiger partial charge is 0.375 e. The molecule has 0 aromatic heterocycles. The number of ether oxygens (including phenoxy) is 1. The van der Waals surface area contributed by atoms with Crippen molar-refractivity contribution in [1.29, 1.82) is 0 Å². The van der Waals surface area contributed by atoms with Gasteiger partial charge in [-0.25, -0.2) is 0 Å². The Morgan fingerprint density at radius 2 is 1.79 bits per heavy atom. The van der Waals surface area contributed by atoms with Gasteiger partial charge in [0, 0.05) is 18.7 Å². The van der Waals surface area contributed by atoms with Gasteiger partial charge < -0.3 is 15.0 Å². The van der Waals surface area contributed by atoms with Crippen molar-refractivity contribution >= 4 is 0 Å². The predicted octanol–water partition coefficient (Wildman–Crippen LogP) is 2.80. The lowest BCUT2D eigenvalue weighted by atomic mass is 9.84. The molecule has 3 nitrogen and oxygen atoms in total. The van der Waals surface area contributed by atoms with E-state index in [0.29, 0.717) is 0 Å². The van der Waals surface area contributed by atoms with Crippen LogP contribution in [-0.4, -0.2) is 48.8 Å². The van der Waals surface area contributed by atoms with Crippen molar-refractivity contribution in [1.82, 2.24) is 10.2 Å². The molecule has 0 bridgehead atoms. The molecule has 2 rings (SSSR count). The number of nitrogens with zero attached hydrogens (tertiary/aromatic N) is 1. The number of rotatable bonds is 5. The highest BCUT2D eigenvalue weighted by molar-refractivity contribution is 4.91. The van der Waals surface area contributed by atoms with Gasteiger partial charge in [0.05, 0.1) is 5.60 Å². The number of hydrogen-bond donors (Lipinski definition) is 1. The molecule has 2 saturated heterocycles. The maximum atomic E-state index is 6.11. The van der Waals surface area contributed by atoms with Crippen LogP contribution in [0.4, 0.5) is 0 Å². The monoisotopic (exact) mass is 268 g/mol. The Bertz CT molecular complexity index is 257. The fraction of sp³-hybridized carbons (Fsp3) is 1.00. The number of likely N-dealkylation sites (tertiary alicyclic amines) is 1. The van der Waals surface area contributed by atoms with Crippen molar-refractivity contribution in [3.8, 4) is 0 Å². The first-order valence-electron chi connectivity index (χ1n) is 8.34. The van der Waals surface area contributed by atoms with Crippen LogP contribution in [0.1, 0.15) is 59.3 Å². The van der Waals surface area contributed by atoms with Crippen LogP contribution in [0.15, 0.2) is 0 Å². The number of hydrogen-bond acceptors (Lipinski definition) is 3. The van der Waals surface area contributed by atoms with E-state index in [1.54, 1.807) is 0 Å². The standard InChI is InChI=1S/C16H32N2O/c1-4-16(5-2)13-15(9-12-19-16)18-10-7-14(8-11-18)17-6-3/h14-15,17H,4-13H2,1-3H3. The molecule has 2 heterocycles. The molecule has 0 aromatic rings. The Labute approximate surface area is 119 Å². The summed E-state index contributed by atoms with van der Waals surface area (Å²) < 4.78 is 6.11. The topological polar surface area (TPSA) is 24.5 Å². The fourth-order valence-corrected chi connectivity index (χ4v) is 3.81. The third-order valence-corrected chi connectivity index (χ3v) is 5.29. The highest BCUT2D eigenvalue weighted by Gasteiger charge is 2.37. The van der Waals surface area contributed by atoms with Gasteiger partial charge in [-0.05, 0) is 58.2 Å². The second-order valence-corrected chi connectivity index (χ2v) is 6.25. The summed E-state index contributed by atoms with van der Waals surface area (Å²) in [5.74, 6) is 0. The quantitative estimate of drug-likeness (QED) is 0.830. The van der Waals surface area contributed by atoms with E-state index < -0.39 is 0 Å². The van der Waals surface area contributed by atoms with Crippen molar-refractivity contribution in [3.05, 3.63) is 0 Å². The molecule has 19 heavy (non-hydrogen) atoms. The Morgan fingerprint density at radius 1 is 1.11 bits per heavy atom. The Hall–Kier alpha value is -0.120.